The molecule has 0 aromatic heterocycles. The molecule has 0 saturated heterocycles. The maximum absolute atomic E-state index is 12.7. The molecule has 5 heteroatoms. The smallest absolute Gasteiger partial charge is 0.411 e. The highest BCUT2D eigenvalue weighted by Gasteiger charge is 2.18. The van der Waals surface area contributed by atoms with Crippen molar-refractivity contribution in [2.24, 2.45) is 0 Å². The van der Waals surface area contributed by atoms with E-state index >= 15 is 0 Å². The molecule has 0 heterocycles. The van der Waals surface area contributed by atoms with Crippen LogP contribution in [-0.2, 0) is 17.6 Å². The van der Waals surface area contributed by atoms with E-state index in [1.807, 2.05) is 42.5 Å². The van der Waals surface area contributed by atoms with Crippen molar-refractivity contribution in [3.05, 3.63) is 101 Å². The second kappa shape index (κ2) is 9.19. The lowest BCUT2D eigenvalue weighted by atomic mass is 10.1. The van der Waals surface area contributed by atoms with E-state index in [4.69, 9.17) is 11.2 Å². The van der Waals surface area contributed by atoms with Gasteiger partial charge in [-0.2, -0.15) is 0 Å². The minimum atomic E-state index is -0.557. The fourth-order valence-corrected chi connectivity index (χ4v) is 3.59. The van der Waals surface area contributed by atoms with E-state index in [1.54, 1.807) is 24.3 Å². The van der Waals surface area contributed by atoms with Gasteiger partial charge in [0, 0.05) is 16.8 Å². The van der Waals surface area contributed by atoms with Crippen molar-refractivity contribution in [1.82, 2.24) is 5.32 Å². The van der Waals surface area contributed by atoms with Crippen LogP contribution in [0.2, 0.25) is 0 Å². The fraction of sp³-hybridized carbons (Fsp3) is 0.154. The molecule has 1 aliphatic carbocycles. The van der Waals surface area contributed by atoms with Crippen LogP contribution >= 0.6 is 0 Å². The van der Waals surface area contributed by atoms with E-state index in [9.17, 15) is 9.59 Å². The van der Waals surface area contributed by atoms with Gasteiger partial charge in [-0.3, -0.25) is 10.1 Å². The third-order valence-electron chi connectivity index (χ3n) is 5.20. The van der Waals surface area contributed by atoms with Gasteiger partial charge in [-0.05, 0) is 65.9 Å². The summed E-state index contributed by atoms with van der Waals surface area (Å²) in [5, 5.41) is 5.71. The maximum atomic E-state index is 12.7. The topological polar surface area (TPSA) is 67.4 Å². The first-order valence-corrected chi connectivity index (χ1v) is 10.1. The Morgan fingerprint density at radius 3 is 2.29 bits per heavy atom. The van der Waals surface area contributed by atoms with Gasteiger partial charge in [0.05, 0.1) is 6.04 Å². The molecule has 0 radical (unpaired) electrons. The van der Waals surface area contributed by atoms with Gasteiger partial charge in [-0.25, -0.2) is 4.79 Å². The van der Waals surface area contributed by atoms with Crippen LogP contribution in [0.15, 0.2) is 72.8 Å². The quantitative estimate of drug-likeness (QED) is 0.589. The van der Waals surface area contributed by atoms with Gasteiger partial charge in [-0.1, -0.05) is 42.3 Å². The van der Waals surface area contributed by atoms with Crippen molar-refractivity contribution >= 4 is 17.7 Å². The minimum Gasteiger partial charge on any atom is -0.447 e. The van der Waals surface area contributed by atoms with E-state index in [-0.39, 0.29) is 12.5 Å². The number of rotatable bonds is 6. The first kappa shape index (κ1) is 20.2. The molecule has 1 atom stereocenters. The monoisotopic (exact) mass is 410 g/mol. The molecular formula is C26H22N2O3. The molecular weight excluding hydrogens is 388 g/mol. The Balaban J connectivity index is 1.42. The average Bonchev–Trinajstić information content (AvgIpc) is 3.15. The summed E-state index contributed by atoms with van der Waals surface area (Å²) >= 11 is 0. The van der Waals surface area contributed by atoms with Crippen molar-refractivity contribution in [3.8, 4) is 12.3 Å². The lowest BCUT2D eigenvalue weighted by molar-refractivity contribution is 0.0901. The molecule has 4 rings (SSSR count). The fourth-order valence-electron chi connectivity index (χ4n) is 3.59. The van der Waals surface area contributed by atoms with Crippen molar-refractivity contribution in [3.63, 3.8) is 0 Å². The predicted molar refractivity (Wildman–Crippen MR) is 120 cm³/mol. The van der Waals surface area contributed by atoms with Crippen LogP contribution in [-0.4, -0.2) is 18.6 Å². The zero-order chi connectivity index (χ0) is 21.6. The second-order valence-corrected chi connectivity index (χ2v) is 7.42. The number of aryl methyl sites for hydroxylation is 2. The van der Waals surface area contributed by atoms with Crippen LogP contribution in [0.4, 0.5) is 10.5 Å². The Morgan fingerprint density at radius 2 is 1.65 bits per heavy atom. The van der Waals surface area contributed by atoms with Gasteiger partial charge < -0.3 is 10.1 Å². The first-order valence-electron chi connectivity index (χ1n) is 10.1. The Kier molecular flexibility index (Phi) is 6.00. The highest BCUT2D eigenvalue weighted by molar-refractivity contribution is 5.94. The third kappa shape index (κ3) is 5.12. The standard InChI is InChI=1S/C26H22N2O3/c1-2-18-10-12-22(13-11-18)25(29)28-24(21-6-4-3-5-7-21)17-31-26(30)27-23-15-19-8-9-20(14-19)16-23/h1,3-7,10-16,24H,8-9,17H2,(H,27,30)(H,28,29). The lowest BCUT2D eigenvalue weighted by Crippen LogP contribution is -2.32. The number of carbonyl (C=O) groups excluding carboxylic acids is 2. The summed E-state index contributed by atoms with van der Waals surface area (Å²) in [6.45, 7) is -0.00340. The minimum absolute atomic E-state index is 0.00340. The molecule has 1 aliphatic rings. The van der Waals surface area contributed by atoms with E-state index in [0.29, 0.717) is 11.1 Å². The van der Waals surface area contributed by atoms with Crippen molar-refractivity contribution in [2.75, 3.05) is 11.9 Å². The van der Waals surface area contributed by atoms with Crippen molar-refractivity contribution < 1.29 is 14.3 Å². The lowest BCUT2D eigenvalue weighted by Gasteiger charge is -2.19. The highest BCUT2D eigenvalue weighted by Crippen LogP contribution is 2.23. The van der Waals surface area contributed by atoms with E-state index in [1.165, 1.54) is 11.1 Å². The number of nitrogens with one attached hydrogen (secondary N) is 2. The van der Waals surface area contributed by atoms with E-state index in [2.05, 4.69) is 22.6 Å². The Bertz CT molecular complexity index is 1110. The summed E-state index contributed by atoms with van der Waals surface area (Å²) in [7, 11) is 0. The number of hydrogen-bond acceptors (Lipinski definition) is 3. The Labute approximate surface area is 181 Å². The molecule has 0 spiro atoms. The summed E-state index contributed by atoms with van der Waals surface area (Å²) in [4.78, 5) is 25.1. The SMILES string of the molecule is C#Cc1ccc(C(=O)NC(COC(=O)Nc2cc3cc(c2)CC3)c2ccccc2)cc1. The molecule has 5 nitrogen and oxygen atoms in total. The van der Waals surface area contributed by atoms with Crippen LogP contribution in [0.3, 0.4) is 0 Å². The summed E-state index contributed by atoms with van der Waals surface area (Å²) in [6.07, 6.45) is 6.81. The van der Waals surface area contributed by atoms with Gasteiger partial charge in [-0.15, -0.1) is 6.42 Å². The molecule has 154 valence electrons. The van der Waals surface area contributed by atoms with Gasteiger partial charge in [0.25, 0.3) is 5.91 Å². The molecule has 0 saturated carbocycles. The molecule has 2 amide bonds. The summed E-state index contributed by atoms with van der Waals surface area (Å²) in [5.74, 6) is 2.25. The summed E-state index contributed by atoms with van der Waals surface area (Å²) in [5.41, 5.74) is 5.16. The molecule has 0 aliphatic heterocycles. The highest BCUT2D eigenvalue weighted by atomic mass is 16.5. The number of benzene rings is 3. The van der Waals surface area contributed by atoms with Crippen molar-refractivity contribution in [2.45, 2.75) is 18.9 Å². The maximum Gasteiger partial charge on any atom is 0.411 e. The molecule has 31 heavy (non-hydrogen) atoms. The number of hydrogen-bond donors (Lipinski definition) is 2. The molecule has 3 aromatic carbocycles. The van der Waals surface area contributed by atoms with E-state index in [0.717, 1.165) is 24.1 Å². The molecule has 3 aromatic rings. The Hall–Kier alpha value is -4.04. The second-order valence-electron chi connectivity index (χ2n) is 7.42. The van der Waals surface area contributed by atoms with Crippen LogP contribution < -0.4 is 10.6 Å². The first-order chi connectivity index (χ1) is 15.1. The third-order valence-corrected chi connectivity index (χ3v) is 5.20. The zero-order valence-electron chi connectivity index (χ0n) is 16.9. The van der Waals surface area contributed by atoms with Crippen LogP contribution in [0.25, 0.3) is 0 Å². The number of carbonyl (C=O) groups is 2. The molecule has 1 unspecified atom stereocenters. The van der Waals surface area contributed by atoms with E-state index < -0.39 is 12.1 Å². The van der Waals surface area contributed by atoms with Gasteiger partial charge in [0.2, 0.25) is 0 Å². The molecule has 2 N–H and O–H groups in total. The predicted octanol–water partition coefficient (Wildman–Crippen LogP) is 4.49. The normalized spacial score (nSPS) is 12.5. The summed E-state index contributed by atoms with van der Waals surface area (Å²) in [6, 6.07) is 21.7. The average molecular weight is 410 g/mol. The Morgan fingerprint density at radius 1 is 0.968 bits per heavy atom. The summed E-state index contributed by atoms with van der Waals surface area (Å²) < 4.78 is 5.44. The number of anilines is 1. The number of ether oxygens (including phenoxy) is 1. The van der Waals surface area contributed by atoms with Crippen LogP contribution in [0, 0.1) is 12.3 Å². The zero-order valence-corrected chi connectivity index (χ0v) is 16.9. The van der Waals surface area contributed by atoms with Crippen LogP contribution in [0.1, 0.15) is 38.7 Å². The van der Waals surface area contributed by atoms with Crippen molar-refractivity contribution in [1.29, 1.82) is 0 Å². The number of terminal acetylenes is 1. The number of amides is 2. The number of fused-ring (bicyclic) bond motifs is 2. The van der Waals surface area contributed by atoms with Gasteiger partial charge in [0.15, 0.2) is 0 Å². The molecule has 0 fully saturated rings. The van der Waals surface area contributed by atoms with Gasteiger partial charge in [0.1, 0.15) is 6.61 Å². The largest absolute Gasteiger partial charge is 0.447 e. The molecule has 2 bridgehead atoms. The van der Waals surface area contributed by atoms with Crippen LogP contribution in [0.5, 0.6) is 0 Å². The van der Waals surface area contributed by atoms with Gasteiger partial charge >= 0.3 is 6.09 Å².